The van der Waals surface area contributed by atoms with Crippen molar-refractivity contribution in [2.45, 2.75) is 65.0 Å². The summed E-state index contributed by atoms with van der Waals surface area (Å²) in [5.74, 6) is 3.14. The van der Waals surface area contributed by atoms with Crippen LogP contribution in [0.2, 0.25) is 0 Å². The van der Waals surface area contributed by atoms with E-state index in [0.29, 0.717) is 30.2 Å². The molecule has 7 heteroatoms. The molecule has 3 rings (SSSR count). The van der Waals surface area contributed by atoms with Crippen LogP contribution < -0.4 is 11.2 Å². The Bertz CT molecular complexity index is 814. The van der Waals surface area contributed by atoms with E-state index in [0.717, 1.165) is 36.6 Å². The second kappa shape index (κ2) is 7.59. The normalized spacial score (nSPS) is 15.6. The number of thioether (sulfide) groups is 1. The number of nitrogens with one attached hydrogen (secondary N) is 1. The predicted molar refractivity (Wildman–Crippen MR) is 99.1 cm³/mol. The van der Waals surface area contributed by atoms with Gasteiger partial charge in [-0.15, -0.1) is 0 Å². The van der Waals surface area contributed by atoms with Crippen LogP contribution >= 0.6 is 11.8 Å². The van der Waals surface area contributed by atoms with Crippen molar-refractivity contribution in [1.29, 1.82) is 0 Å². The van der Waals surface area contributed by atoms with E-state index in [1.54, 1.807) is 16.3 Å². The Morgan fingerprint density at radius 1 is 1.17 bits per heavy atom. The van der Waals surface area contributed by atoms with Gasteiger partial charge in [-0.3, -0.25) is 13.9 Å². The zero-order valence-corrected chi connectivity index (χ0v) is 15.3. The molecule has 132 valence electrons. The van der Waals surface area contributed by atoms with Gasteiger partial charge in [0.2, 0.25) is 0 Å². The highest BCUT2D eigenvalue weighted by atomic mass is 32.2. The summed E-state index contributed by atoms with van der Waals surface area (Å²) in [4.78, 5) is 33.4. The lowest BCUT2D eigenvalue weighted by atomic mass is 10.1. The van der Waals surface area contributed by atoms with Crippen LogP contribution in [0.1, 0.15) is 57.7 Å². The van der Waals surface area contributed by atoms with E-state index in [1.165, 1.54) is 17.4 Å². The molecule has 6 nitrogen and oxygen atoms in total. The number of rotatable bonds is 7. The molecule has 2 aromatic rings. The summed E-state index contributed by atoms with van der Waals surface area (Å²) in [6, 6.07) is 0. The first kappa shape index (κ1) is 17.3. The number of aromatic amines is 1. The van der Waals surface area contributed by atoms with E-state index in [-0.39, 0.29) is 11.2 Å². The fourth-order valence-electron chi connectivity index (χ4n) is 3.50. The minimum absolute atomic E-state index is 0.226. The molecule has 1 saturated carbocycles. The topological polar surface area (TPSA) is 72.7 Å². The van der Waals surface area contributed by atoms with Gasteiger partial charge in [0.1, 0.15) is 11.3 Å². The summed E-state index contributed by atoms with van der Waals surface area (Å²) in [5.41, 5.74) is 0.575. The number of aryl methyl sites for hydroxylation is 1. The molecule has 1 N–H and O–H groups in total. The Kier molecular flexibility index (Phi) is 5.48. The van der Waals surface area contributed by atoms with Crippen molar-refractivity contribution < 1.29 is 0 Å². The molecule has 0 radical (unpaired) electrons. The van der Waals surface area contributed by atoms with Gasteiger partial charge in [-0.05, 0) is 25.0 Å². The number of aromatic nitrogens is 4. The smallest absolute Gasteiger partial charge is 0.332 e. The summed E-state index contributed by atoms with van der Waals surface area (Å²) in [6.07, 6.45) is 5.40. The Morgan fingerprint density at radius 3 is 2.58 bits per heavy atom. The molecule has 0 unspecified atom stereocenters. The quantitative estimate of drug-likeness (QED) is 0.779. The van der Waals surface area contributed by atoms with Crippen molar-refractivity contribution in [2.24, 2.45) is 0 Å². The second-order valence-electron chi connectivity index (χ2n) is 6.39. The predicted octanol–water partition coefficient (Wildman–Crippen LogP) is 2.71. The van der Waals surface area contributed by atoms with Gasteiger partial charge in [0.15, 0.2) is 5.65 Å². The number of hydrogen-bond donors (Lipinski definition) is 1. The molecule has 0 bridgehead atoms. The van der Waals surface area contributed by atoms with E-state index in [4.69, 9.17) is 0 Å². The molecule has 0 amide bonds. The maximum Gasteiger partial charge on any atom is 0.332 e. The fraction of sp³-hybridized carbons (Fsp3) is 0.706. The maximum atomic E-state index is 12.8. The first-order valence-electron chi connectivity index (χ1n) is 8.98. The van der Waals surface area contributed by atoms with E-state index in [1.807, 2.05) is 6.92 Å². The summed E-state index contributed by atoms with van der Waals surface area (Å²) < 4.78 is 3.04. The molecule has 0 spiro atoms. The lowest BCUT2D eigenvalue weighted by Gasteiger charge is -2.10. The first-order chi connectivity index (χ1) is 11.7. The van der Waals surface area contributed by atoms with Crippen molar-refractivity contribution in [3.8, 4) is 0 Å². The summed E-state index contributed by atoms with van der Waals surface area (Å²) in [7, 11) is 0. The number of hydrogen-bond acceptors (Lipinski definition) is 4. The monoisotopic (exact) mass is 350 g/mol. The lowest BCUT2D eigenvalue weighted by Crippen LogP contribution is -2.40. The molecule has 0 atom stereocenters. The minimum atomic E-state index is -0.229. The SMILES string of the molecule is CCCn1c(=O)c2[nH]c(C3CCCC3)nc2n(CCSCC)c1=O. The third kappa shape index (κ3) is 3.18. The molecule has 1 aliphatic rings. The summed E-state index contributed by atoms with van der Waals surface area (Å²) in [5, 5.41) is 0. The summed E-state index contributed by atoms with van der Waals surface area (Å²) in [6.45, 7) is 5.12. The van der Waals surface area contributed by atoms with E-state index >= 15 is 0 Å². The Morgan fingerprint density at radius 2 is 1.92 bits per heavy atom. The molecule has 2 heterocycles. The van der Waals surface area contributed by atoms with Gasteiger partial charge in [-0.1, -0.05) is 26.7 Å². The Balaban J connectivity index is 2.13. The van der Waals surface area contributed by atoms with Crippen LogP contribution in [-0.4, -0.2) is 30.6 Å². The molecular formula is C17H26N4O2S. The molecule has 0 aliphatic heterocycles. The van der Waals surface area contributed by atoms with Gasteiger partial charge in [0.25, 0.3) is 5.56 Å². The van der Waals surface area contributed by atoms with Gasteiger partial charge in [-0.25, -0.2) is 9.78 Å². The standard InChI is InChI=1S/C17H26N4O2S/c1-3-9-21-16(22)13-15(20(17(21)23)10-11-24-4-2)19-14(18-13)12-7-5-6-8-12/h12H,3-11H2,1-2H3,(H,18,19). The van der Waals surface area contributed by atoms with Gasteiger partial charge in [0.05, 0.1) is 0 Å². The van der Waals surface area contributed by atoms with E-state index in [9.17, 15) is 9.59 Å². The highest BCUT2D eigenvalue weighted by molar-refractivity contribution is 7.99. The highest BCUT2D eigenvalue weighted by Crippen LogP contribution is 2.32. The number of imidazole rings is 1. The lowest BCUT2D eigenvalue weighted by molar-refractivity contribution is 0.574. The Hall–Kier alpha value is -1.50. The molecule has 24 heavy (non-hydrogen) atoms. The average Bonchev–Trinajstić information content (AvgIpc) is 3.23. The van der Waals surface area contributed by atoms with Crippen LogP contribution in [0.4, 0.5) is 0 Å². The summed E-state index contributed by atoms with van der Waals surface area (Å²) >= 11 is 1.79. The van der Waals surface area contributed by atoms with Crippen LogP contribution in [-0.2, 0) is 13.1 Å². The van der Waals surface area contributed by atoms with Gasteiger partial charge < -0.3 is 4.98 Å². The van der Waals surface area contributed by atoms with Gasteiger partial charge >= 0.3 is 5.69 Å². The zero-order valence-electron chi connectivity index (χ0n) is 14.5. The number of H-pyrrole nitrogens is 1. The van der Waals surface area contributed by atoms with E-state index in [2.05, 4.69) is 16.9 Å². The van der Waals surface area contributed by atoms with Crippen molar-refractivity contribution >= 4 is 22.9 Å². The van der Waals surface area contributed by atoms with Gasteiger partial charge in [0, 0.05) is 24.8 Å². The molecule has 1 aliphatic carbocycles. The van der Waals surface area contributed by atoms with Crippen LogP contribution in [0, 0.1) is 0 Å². The van der Waals surface area contributed by atoms with Gasteiger partial charge in [-0.2, -0.15) is 11.8 Å². The molecule has 2 aromatic heterocycles. The van der Waals surface area contributed by atoms with Crippen molar-refractivity contribution in [3.63, 3.8) is 0 Å². The van der Waals surface area contributed by atoms with Crippen LogP contribution in [0.5, 0.6) is 0 Å². The molecular weight excluding hydrogens is 324 g/mol. The Labute approximate surface area is 145 Å². The largest absolute Gasteiger partial charge is 0.336 e. The zero-order chi connectivity index (χ0) is 17.1. The number of nitrogens with zero attached hydrogens (tertiary/aromatic N) is 3. The van der Waals surface area contributed by atoms with Crippen molar-refractivity contribution in [2.75, 3.05) is 11.5 Å². The third-order valence-corrected chi connectivity index (χ3v) is 5.61. The average molecular weight is 350 g/mol. The van der Waals surface area contributed by atoms with Crippen LogP contribution in [0.3, 0.4) is 0 Å². The van der Waals surface area contributed by atoms with Crippen molar-refractivity contribution in [3.05, 3.63) is 26.7 Å². The fourth-order valence-corrected chi connectivity index (χ4v) is 4.10. The molecule has 0 aromatic carbocycles. The maximum absolute atomic E-state index is 12.8. The third-order valence-electron chi connectivity index (χ3n) is 4.73. The molecule has 0 saturated heterocycles. The van der Waals surface area contributed by atoms with E-state index < -0.39 is 0 Å². The van der Waals surface area contributed by atoms with Crippen LogP contribution in [0.15, 0.2) is 9.59 Å². The van der Waals surface area contributed by atoms with Crippen molar-refractivity contribution in [1.82, 2.24) is 19.1 Å². The number of fused-ring (bicyclic) bond motifs is 1. The second-order valence-corrected chi connectivity index (χ2v) is 7.78. The van der Waals surface area contributed by atoms with Crippen LogP contribution in [0.25, 0.3) is 11.2 Å². The molecule has 1 fully saturated rings. The minimum Gasteiger partial charge on any atom is -0.336 e. The highest BCUT2D eigenvalue weighted by Gasteiger charge is 2.23. The first-order valence-corrected chi connectivity index (χ1v) is 10.1.